The second-order valence-electron chi connectivity index (χ2n) is 4.58. The standard InChI is InChI=1S/C14H17N3O2/c15-17-14(13-9-18-5-6-19-13)12-8-16-7-10-3-1-2-4-11(10)12/h1-4,7-8,13-14,17H,5-6,9,15H2. The molecule has 5 nitrogen and oxygen atoms in total. The number of rotatable bonds is 3. The van der Waals surface area contributed by atoms with Gasteiger partial charge in [-0.1, -0.05) is 24.3 Å². The second kappa shape index (κ2) is 5.63. The van der Waals surface area contributed by atoms with E-state index in [9.17, 15) is 0 Å². The lowest BCUT2D eigenvalue weighted by atomic mass is 9.98. The quantitative estimate of drug-likeness (QED) is 0.639. The second-order valence-corrected chi connectivity index (χ2v) is 4.58. The third-order valence-corrected chi connectivity index (χ3v) is 3.43. The molecule has 1 aliphatic heterocycles. The number of aromatic nitrogens is 1. The molecule has 0 amide bonds. The zero-order chi connectivity index (χ0) is 13.1. The van der Waals surface area contributed by atoms with E-state index in [1.807, 2.05) is 30.6 Å². The Morgan fingerprint density at radius 2 is 2.16 bits per heavy atom. The van der Waals surface area contributed by atoms with Crippen molar-refractivity contribution in [2.75, 3.05) is 19.8 Å². The molecule has 1 aliphatic rings. The van der Waals surface area contributed by atoms with Crippen molar-refractivity contribution in [1.82, 2.24) is 10.4 Å². The summed E-state index contributed by atoms with van der Waals surface area (Å²) < 4.78 is 11.2. The Balaban J connectivity index is 2.00. The van der Waals surface area contributed by atoms with Crippen LogP contribution >= 0.6 is 0 Å². The Hall–Kier alpha value is -1.53. The van der Waals surface area contributed by atoms with Crippen LogP contribution in [0.25, 0.3) is 10.8 Å². The molecule has 0 bridgehead atoms. The van der Waals surface area contributed by atoms with E-state index in [1.165, 1.54) is 0 Å². The first-order chi connectivity index (χ1) is 9.40. The van der Waals surface area contributed by atoms with E-state index in [-0.39, 0.29) is 12.1 Å². The molecule has 1 fully saturated rings. The fourth-order valence-corrected chi connectivity index (χ4v) is 2.48. The minimum atomic E-state index is -0.126. The van der Waals surface area contributed by atoms with Crippen molar-refractivity contribution in [3.8, 4) is 0 Å². The predicted octanol–water partition coefficient (Wildman–Crippen LogP) is 1.15. The van der Waals surface area contributed by atoms with Crippen molar-refractivity contribution < 1.29 is 9.47 Å². The molecule has 2 aromatic rings. The molecule has 0 saturated carbocycles. The predicted molar refractivity (Wildman–Crippen MR) is 72.4 cm³/mol. The number of nitrogens with one attached hydrogen (secondary N) is 1. The summed E-state index contributed by atoms with van der Waals surface area (Å²) in [5, 5.41) is 2.23. The van der Waals surface area contributed by atoms with E-state index in [4.69, 9.17) is 15.3 Å². The maximum atomic E-state index is 5.74. The number of hydrazine groups is 1. The van der Waals surface area contributed by atoms with E-state index in [0.29, 0.717) is 19.8 Å². The summed E-state index contributed by atoms with van der Waals surface area (Å²) in [6.45, 7) is 1.78. The highest BCUT2D eigenvalue weighted by Crippen LogP contribution is 2.27. The van der Waals surface area contributed by atoms with Gasteiger partial charge in [0.15, 0.2) is 0 Å². The van der Waals surface area contributed by atoms with Crippen molar-refractivity contribution in [1.29, 1.82) is 0 Å². The molecule has 3 rings (SSSR count). The number of ether oxygens (including phenoxy) is 2. The van der Waals surface area contributed by atoms with Crippen molar-refractivity contribution in [2.45, 2.75) is 12.1 Å². The monoisotopic (exact) mass is 259 g/mol. The van der Waals surface area contributed by atoms with Crippen LogP contribution in [-0.4, -0.2) is 30.9 Å². The van der Waals surface area contributed by atoms with Gasteiger partial charge in [0, 0.05) is 17.8 Å². The fourth-order valence-electron chi connectivity index (χ4n) is 2.48. The topological polar surface area (TPSA) is 69.4 Å². The Morgan fingerprint density at radius 1 is 1.26 bits per heavy atom. The van der Waals surface area contributed by atoms with Crippen molar-refractivity contribution >= 4 is 10.8 Å². The Labute approximate surface area is 111 Å². The molecule has 1 aromatic heterocycles. The maximum absolute atomic E-state index is 5.74. The van der Waals surface area contributed by atoms with Crippen LogP contribution in [0.1, 0.15) is 11.6 Å². The average molecular weight is 259 g/mol. The largest absolute Gasteiger partial charge is 0.376 e. The van der Waals surface area contributed by atoms with Gasteiger partial charge in [-0.05, 0) is 10.9 Å². The Kier molecular flexibility index (Phi) is 3.70. The highest BCUT2D eigenvalue weighted by molar-refractivity contribution is 5.85. The minimum absolute atomic E-state index is 0.0913. The lowest BCUT2D eigenvalue weighted by molar-refractivity contribution is -0.102. The number of benzene rings is 1. The summed E-state index contributed by atoms with van der Waals surface area (Å²) >= 11 is 0. The fraction of sp³-hybridized carbons (Fsp3) is 0.357. The first-order valence-corrected chi connectivity index (χ1v) is 6.38. The summed E-state index contributed by atoms with van der Waals surface area (Å²) in [4.78, 5) is 4.28. The van der Waals surface area contributed by atoms with E-state index in [0.717, 1.165) is 16.3 Å². The molecule has 0 aliphatic carbocycles. The molecule has 0 spiro atoms. The van der Waals surface area contributed by atoms with Gasteiger partial charge in [0.2, 0.25) is 0 Å². The molecular weight excluding hydrogens is 242 g/mol. The third-order valence-electron chi connectivity index (χ3n) is 3.43. The SMILES string of the molecule is NNC(c1cncc2ccccc12)C1COCCO1. The first kappa shape index (κ1) is 12.5. The van der Waals surface area contributed by atoms with Crippen LogP contribution in [0.3, 0.4) is 0 Å². The van der Waals surface area contributed by atoms with Crippen molar-refractivity contribution in [3.05, 3.63) is 42.2 Å². The van der Waals surface area contributed by atoms with Gasteiger partial charge < -0.3 is 9.47 Å². The van der Waals surface area contributed by atoms with Gasteiger partial charge in [0.05, 0.1) is 25.9 Å². The van der Waals surface area contributed by atoms with Crippen LogP contribution < -0.4 is 11.3 Å². The lowest BCUT2D eigenvalue weighted by Gasteiger charge is -2.30. The Morgan fingerprint density at radius 3 is 2.95 bits per heavy atom. The summed E-state index contributed by atoms with van der Waals surface area (Å²) in [6.07, 6.45) is 3.60. The molecule has 2 atom stereocenters. The van der Waals surface area contributed by atoms with Crippen molar-refractivity contribution in [2.24, 2.45) is 5.84 Å². The summed E-state index contributed by atoms with van der Waals surface area (Å²) in [5.41, 5.74) is 3.87. The zero-order valence-electron chi connectivity index (χ0n) is 10.6. The molecular formula is C14H17N3O2. The molecule has 5 heteroatoms. The molecule has 0 radical (unpaired) electrons. The van der Waals surface area contributed by atoms with Crippen LogP contribution in [0.15, 0.2) is 36.7 Å². The number of pyridine rings is 1. The summed E-state index contributed by atoms with van der Waals surface area (Å²) in [5.74, 6) is 5.71. The molecule has 1 saturated heterocycles. The molecule has 100 valence electrons. The van der Waals surface area contributed by atoms with Crippen LogP contribution in [0, 0.1) is 0 Å². The maximum Gasteiger partial charge on any atom is 0.102 e. The number of nitrogens with zero attached hydrogens (tertiary/aromatic N) is 1. The Bertz CT molecular complexity index is 550. The van der Waals surface area contributed by atoms with Crippen LogP contribution in [0.2, 0.25) is 0 Å². The highest BCUT2D eigenvalue weighted by Gasteiger charge is 2.27. The van der Waals surface area contributed by atoms with Gasteiger partial charge in [-0.3, -0.25) is 16.3 Å². The van der Waals surface area contributed by atoms with Crippen LogP contribution in [-0.2, 0) is 9.47 Å². The highest BCUT2D eigenvalue weighted by atomic mass is 16.6. The van der Waals surface area contributed by atoms with Gasteiger partial charge in [-0.2, -0.15) is 0 Å². The van der Waals surface area contributed by atoms with Crippen molar-refractivity contribution in [3.63, 3.8) is 0 Å². The summed E-state index contributed by atoms with van der Waals surface area (Å²) in [6, 6.07) is 7.99. The van der Waals surface area contributed by atoms with E-state index in [1.54, 1.807) is 0 Å². The van der Waals surface area contributed by atoms with Crippen LogP contribution in [0.4, 0.5) is 0 Å². The van der Waals surface area contributed by atoms with Gasteiger partial charge in [-0.15, -0.1) is 0 Å². The first-order valence-electron chi connectivity index (χ1n) is 6.38. The van der Waals surface area contributed by atoms with E-state index >= 15 is 0 Å². The van der Waals surface area contributed by atoms with Gasteiger partial charge >= 0.3 is 0 Å². The number of fused-ring (bicyclic) bond motifs is 1. The van der Waals surface area contributed by atoms with Gasteiger partial charge in [-0.25, -0.2) is 0 Å². The third kappa shape index (κ3) is 2.46. The van der Waals surface area contributed by atoms with E-state index < -0.39 is 0 Å². The van der Waals surface area contributed by atoms with Crippen LogP contribution in [0.5, 0.6) is 0 Å². The molecule has 1 aromatic carbocycles. The number of nitrogens with two attached hydrogens (primary N) is 1. The van der Waals surface area contributed by atoms with E-state index in [2.05, 4.69) is 16.5 Å². The number of hydrogen-bond acceptors (Lipinski definition) is 5. The molecule has 3 N–H and O–H groups in total. The molecule has 2 unspecified atom stereocenters. The summed E-state index contributed by atoms with van der Waals surface area (Å²) in [7, 11) is 0. The zero-order valence-corrected chi connectivity index (χ0v) is 10.6. The minimum Gasteiger partial charge on any atom is -0.376 e. The van der Waals surface area contributed by atoms with Gasteiger partial charge in [0.25, 0.3) is 0 Å². The molecule has 2 heterocycles. The smallest absolute Gasteiger partial charge is 0.102 e. The van der Waals surface area contributed by atoms with Gasteiger partial charge in [0.1, 0.15) is 6.10 Å². The average Bonchev–Trinajstić information content (AvgIpc) is 2.49. The normalized spacial score (nSPS) is 21.4. The lowest BCUT2D eigenvalue weighted by Crippen LogP contribution is -2.43. The number of hydrogen-bond donors (Lipinski definition) is 2. The molecule has 19 heavy (non-hydrogen) atoms.